The van der Waals surface area contributed by atoms with Crippen molar-refractivity contribution in [3.05, 3.63) is 64.4 Å². The molecule has 0 amide bonds. The quantitative estimate of drug-likeness (QED) is 0.485. The van der Waals surface area contributed by atoms with Crippen molar-refractivity contribution in [1.29, 1.82) is 0 Å². The number of Topliss-reactive ketones (excluding diaryl/α,β-unsaturated/α-hetero) is 1. The van der Waals surface area contributed by atoms with Crippen molar-refractivity contribution in [1.82, 2.24) is 0 Å². The minimum Gasteiger partial charge on any atom is -0.497 e. The Kier molecular flexibility index (Phi) is 4.60. The summed E-state index contributed by atoms with van der Waals surface area (Å²) in [5.41, 5.74) is 0.993. The number of alkyl halides is 1. The average Bonchev–Trinajstić information content (AvgIpc) is 2.99. The molecule has 0 N–H and O–H groups in total. The summed E-state index contributed by atoms with van der Waals surface area (Å²) < 4.78 is 10.8. The van der Waals surface area contributed by atoms with Gasteiger partial charge in [0.2, 0.25) is 5.78 Å². The zero-order valence-electron chi connectivity index (χ0n) is 12.6. The van der Waals surface area contributed by atoms with E-state index in [1.54, 1.807) is 42.5 Å². The van der Waals surface area contributed by atoms with Gasteiger partial charge in [-0.25, -0.2) is 0 Å². The van der Waals surface area contributed by atoms with Gasteiger partial charge in [-0.1, -0.05) is 11.6 Å². The van der Waals surface area contributed by atoms with Crippen LogP contribution in [0.15, 0.2) is 46.9 Å². The first-order valence-corrected chi connectivity index (χ1v) is 7.96. The van der Waals surface area contributed by atoms with Crippen LogP contribution >= 0.6 is 23.2 Å². The Morgan fingerprint density at radius 3 is 2.46 bits per heavy atom. The zero-order valence-corrected chi connectivity index (χ0v) is 14.1. The number of halogens is 2. The maximum absolute atomic E-state index is 12.9. The van der Waals surface area contributed by atoms with Crippen LogP contribution in [0, 0.1) is 0 Å². The first kappa shape index (κ1) is 16.6. The van der Waals surface area contributed by atoms with Crippen LogP contribution in [0.25, 0.3) is 11.0 Å². The SMILES string of the molecule is COc1ccc2oc(C(=O)CCl)c(C(=O)c3ccc(Cl)cc3)c2c1. The van der Waals surface area contributed by atoms with Crippen molar-refractivity contribution >= 4 is 45.7 Å². The molecule has 4 nitrogen and oxygen atoms in total. The van der Waals surface area contributed by atoms with Crippen molar-refractivity contribution in [2.75, 3.05) is 13.0 Å². The van der Waals surface area contributed by atoms with Gasteiger partial charge in [-0.3, -0.25) is 9.59 Å². The Morgan fingerprint density at radius 2 is 1.83 bits per heavy atom. The lowest BCUT2D eigenvalue weighted by molar-refractivity contribution is 0.0972. The first-order chi connectivity index (χ1) is 11.5. The maximum atomic E-state index is 12.9. The smallest absolute Gasteiger partial charge is 0.213 e. The van der Waals surface area contributed by atoms with Crippen LogP contribution in [0.2, 0.25) is 5.02 Å². The summed E-state index contributed by atoms with van der Waals surface area (Å²) >= 11 is 11.5. The van der Waals surface area contributed by atoms with Gasteiger partial charge in [0.15, 0.2) is 11.5 Å². The van der Waals surface area contributed by atoms with Crippen LogP contribution in [0.1, 0.15) is 26.5 Å². The van der Waals surface area contributed by atoms with Crippen molar-refractivity contribution in [3.63, 3.8) is 0 Å². The van der Waals surface area contributed by atoms with E-state index in [0.717, 1.165) is 0 Å². The molecule has 1 aromatic heterocycles. The van der Waals surface area contributed by atoms with E-state index >= 15 is 0 Å². The van der Waals surface area contributed by atoms with Crippen LogP contribution in [0.5, 0.6) is 5.75 Å². The number of furan rings is 1. The lowest BCUT2D eigenvalue weighted by Gasteiger charge is -2.03. The van der Waals surface area contributed by atoms with Gasteiger partial charge in [0.1, 0.15) is 11.3 Å². The summed E-state index contributed by atoms with van der Waals surface area (Å²) in [7, 11) is 1.52. The van der Waals surface area contributed by atoms with Crippen LogP contribution in [-0.4, -0.2) is 24.6 Å². The average molecular weight is 363 g/mol. The molecule has 0 saturated carbocycles. The molecule has 0 saturated heterocycles. The number of benzene rings is 2. The molecule has 122 valence electrons. The standard InChI is InChI=1S/C18H12Cl2O4/c1-23-12-6-7-15-13(8-12)16(18(24-15)14(21)9-19)17(22)10-2-4-11(20)5-3-10/h2-8H,9H2,1H3. The van der Waals surface area contributed by atoms with Gasteiger partial charge in [-0.2, -0.15) is 0 Å². The number of hydrogen-bond acceptors (Lipinski definition) is 4. The lowest BCUT2D eigenvalue weighted by atomic mass is 9.99. The number of carbonyl (C=O) groups is 2. The van der Waals surface area contributed by atoms with E-state index in [0.29, 0.717) is 27.3 Å². The molecule has 24 heavy (non-hydrogen) atoms. The predicted octanol–water partition coefficient (Wildman–Crippen LogP) is 4.75. The Balaban J connectivity index is 2.24. The fourth-order valence-electron chi connectivity index (χ4n) is 2.43. The summed E-state index contributed by atoms with van der Waals surface area (Å²) in [6, 6.07) is 11.4. The molecule has 6 heteroatoms. The second-order valence-electron chi connectivity index (χ2n) is 5.06. The van der Waals surface area contributed by atoms with E-state index in [4.69, 9.17) is 32.4 Å². The number of ketones is 2. The van der Waals surface area contributed by atoms with E-state index in [-0.39, 0.29) is 23.0 Å². The Labute approximate surface area is 147 Å². The van der Waals surface area contributed by atoms with Crippen molar-refractivity contribution in [2.24, 2.45) is 0 Å². The van der Waals surface area contributed by atoms with Gasteiger partial charge in [-0.05, 0) is 42.5 Å². The van der Waals surface area contributed by atoms with Gasteiger partial charge < -0.3 is 9.15 Å². The summed E-state index contributed by atoms with van der Waals surface area (Å²) in [5.74, 6) is -0.569. The highest BCUT2D eigenvalue weighted by molar-refractivity contribution is 6.33. The summed E-state index contributed by atoms with van der Waals surface area (Å²) in [6.45, 7) is 0. The molecule has 0 atom stereocenters. The van der Waals surface area contributed by atoms with Crippen LogP contribution in [-0.2, 0) is 0 Å². The molecule has 3 aromatic rings. The van der Waals surface area contributed by atoms with Crippen molar-refractivity contribution in [3.8, 4) is 5.75 Å². The van der Waals surface area contributed by atoms with E-state index in [1.165, 1.54) is 7.11 Å². The molecule has 3 rings (SSSR count). The van der Waals surface area contributed by atoms with E-state index in [2.05, 4.69) is 0 Å². The third kappa shape index (κ3) is 2.90. The van der Waals surface area contributed by atoms with Gasteiger partial charge in [-0.15, -0.1) is 11.6 Å². The van der Waals surface area contributed by atoms with Gasteiger partial charge >= 0.3 is 0 Å². The largest absolute Gasteiger partial charge is 0.497 e. The highest BCUT2D eigenvalue weighted by Gasteiger charge is 2.26. The first-order valence-electron chi connectivity index (χ1n) is 7.05. The van der Waals surface area contributed by atoms with E-state index in [9.17, 15) is 9.59 Å². The topological polar surface area (TPSA) is 56.5 Å². The summed E-state index contributed by atoms with van der Waals surface area (Å²) in [5, 5.41) is 1.02. The molecule has 2 aromatic carbocycles. The maximum Gasteiger partial charge on any atom is 0.213 e. The molecular formula is C18H12Cl2O4. The highest BCUT2D eigenvalue weighted by atomic mass is 35.5. The fraction of sp³-hybridized carbons (Fsp3) is 0.111. The van der Waals surface area contributed by atoms with Gasteiger partial charge in [0, 0.05) is 16.0 Å². The number of rotatable bonds is 5. The van der Waals surface area contributed by atoms with E-state index < -0.39 is 5.78 Å². The predicted molar refractivity (Wildman–Crippen MR) is 92.7 cm³/mol. The van der Waals surface area contributed by atoms with Gasteiger partial charge in [0.05, 0.1) is 18.6 Å². The van der Waals surface area contributed by atoms with Crippen molar-refractivity contribution < 1.29 is 18.7 Å². The normalized spacial score (nSPS) is 10.8. The molecule has 0 aliphatic rings. The number of methoxy groups -OCH3 is 1. The minimum absolute atomic E-state index is 0.0480. The highest BCUT2D eigenvalue weighted by Crippen LogP contribution is 2.32. The molecule has 0 bridgehead atoms. The van der Waals surface area contributed by atoms with Crippen LogP contribution < -0.4 is 4.74 Å². The third-order valence-corrected chi connectivity index (χ3v) is 4.10. The Bertz CT molecular complexity index is 926. The molecule has 0 unspecified atom stereocenters. The van der Waals surface area contributed by atoms with E-state index in [1.807, 2.05) is 0 Å². The van der Waals surface area contributed by atoms with Crippen LogP contribution in [0.3, 0.4) is 0 Å². The molecule has 0 radical (unpaired) electrons. The molecule has 0 fully saturated rings. The monoisotopic (exact) mass is 362 g/mol. The summed E-state index contributed by atoms with van der Waals surface area (Å²) in [4.78, 5) is 25.1. The molecule has 0 aliphatic heterocycles. The Hall–Kier alpha value is -2.30. The lowest BCUT2D eigenvalue weighted by Crippen LogP contribution is -2.09. The molecule has 0 aliphatic carbocycles. The Morgan fingerprint density at radius 1 is 1.12 bits per heavy atom. The molecule has 0 spiro atoms. The van der Waals surface area contributed by atoms with Crippen molar-refractivity contribution in [2.45, 2.75) is 0 Å². The van der Waals surface area contributed by atoms with Crippen LogP contribution in [0.4, 0.5) is 0 Å². The third-order valence-electron chi connectivity index (χ3n) is 3.60. The minimum atomic E-state index is -0.454. The number of carbonyl (C=O) groups excluding carboxylic acids is 2. The summed E-state index contributed by atoms with van der Waals surface area (Å²) in [6.07, 6.45) is 0. The molecule has 1 heterocycles. The van der Waals surface area contributed by atoms with Gasteiger partial charge in [0.25, 0.3) is 0 Å². The number of ether oxygens (including phenoxy) is 1. The second kappa shape index (κ2) is 6.67. The second-order valence-corrected chi connectivity index (χ2v) is 5.76. The fourth-order valence-corrected chi connectivity index (χ4v) is 2.68. The number of hydrogen-bond donors (Lipinski definition) is 0. The number of fused-ring (bicyclic) bond motifs is 1. The molecular weight excluding hydrogens is 351 g/mol. The zero-order chi connectivity index (χ0) is 17.3.